The number of hydrogen-bond acceptors (Lipinski definition) is 7. The van der Waals surface area contributed by atoms with Gasteiger partial charge in [-0.15, -0.1) is 0 Å². The Morgan fingerprint density at radius 2 is 1.79 bits per heavy atom. The monoisotopic (exact) mass is 461 g/mol. The third kappa shape index (κ3) is 7.90. The van der Waals surface area contributed by atoms with Gasteiger partial charge in [-0.05, 0) is 61.4 Å². The molecule has 0 atom stereocenters. The number of hydrogen-bond donors (Lipinski definition) is 3. The van der Waals surface area contributed by atoms with Crippen molar-refractivity contribution in [2.45, 2.75) is 20.8 Å². The predicted molar refractivity (Wildman–Crippen MR) is 136 cm³/mol. The summed E-state index contributed by atoms with van der Waals surface area (Å²) in [5.74, 6) is 2.05. The van der Waals surface area contributed by atoms with Crippen molar-refractivity contribution in [3.63, 3.8) is 0 Å². The second-order valence-electron chi connectivity index (χ2n) is 8.01. The molecule has 8 nitrogen and oxygen atoms in total. The normalized spacial score (nSPS) is 11.0. The molecule has 0 aliphatic rings. The molecule has 2 aromatic carbocycles. The Kier molecular flexibility index (Phi) is 8.99. The van der Waals surface area contributed by atoms with Crippen LogP contribution in [-0.4, -0.2) is 36.2 Å². The van der Waals surface area contributed by atoms with Crippen molar-refractivity contribution in [1.82, 2.24) is 9.97 Å². The molecule has 0 radical (unpaired) electrons. The molecule has 1 heterocycles. The number of benzene rings is 2. The molecule has 0 saturated carbocycles. The molecule has 0 spiro atoms. The summed E-state index contributed by atoms with van der Waals surface area (Å²) in [6.45, 7) is 7.02. The highest BCUT2D eigenvalue weighted by Crippen LogP contribution is 2.24. The van der Waals surface area contributed by atoms with E-state index in [2.05, 4.69) is 25.9 Å². The average molecular weight is 462 g/mol. The molecular formula is C26H31N5O3. The highest BCUT2D eigenvalue weighted by molar-refractivity contribution is 5.99. The summed E-state index contributed by atoms with van der Waals surface area (Å²) in [5, 5.41) is 9.39. The fraction of sp³-hybridized carbons (Fsp3) is 0.269. The molecule has 0 aliphatic carbocycles. The summed E-state index contributed by atoms with van der Waals surface area (Å²) < 4.78 is 10.6. The van der Waals surface area contributed by atoms with Crippen LogP contribution in [0.3, 0.4) is 0 Å². The molecule has 0 bridgehead atoms. The molecule has 3 aromatic rings. The quantitative estimate of drug-likeness (QED) is 0.258. The van der Waals surface area contributed by atoms with Crippen molar-refractivity contribution in [3.05, 3.63) is 72.4 Å². The summed E-state index contributed by atoms with van der Waals surface area (Å²) in [6.07, 6.45) is 5.16. The van der Waals surface area contributed by atoms with Gasteiger partial charge in [-0.2, -0.15) is 4.98 Å². The first-order chi connectivity index (χ1) is 16.4. The van der Waals surface area contributed by atoms with Crippen LogP contribution in [0.5, 0.6) is 5.75 Å². The lowest BCUT2D eigenvalue weighted by molar-refractivity contribution is -0.111. The molecule has 8 heteroatoms. The van der Waals surface area contributed by atoms with Gasteiger partial charge in [0.25, 0.3) is 0 Å². The second kappa shape index (κ2) is 12.4. The number of aryl methyl sites for hydroxylation is 1. The number of allylic oxidation sites excluding steroid dienone is 1. The van der Waals surface area contributed by atoms with E-state index in [0.29, 0.717) is 36.6 Å². The van der Waals surface area contributed by atoms with Gasteiger partial charge in [0.15, 0.2) is 0 Å². The number of nitrogens with zero attached hydrogens (tertiary/aromatic N) is 2. The molecule has 0 unspecified atom stereocenters. The Labute approximate surface area is 200 Å². The van der Waals surface area contributed by atoms with Gasteiger partial charge in [-0.25, -0.2) is 4.98 Å². The summed E-state index contributed by atoms with van der Waals surface area (Å²) in [4.78, 5) is 21.1. The van der Waals surface area contributed by atoms with E-state index in [9.17, 15) is 4.79 Å². The van der Waals surface area contributed by atoms with Crippen molar-refractivity contribution in [2.75, 3.05) is 36.3 Å². The number of aromatic nitrogens is 2. The topological polar surface area (TPSA) is 97.4 Å². The van der Waals surface area contributed by atoms with Crippen molar-refractivity contribution in [1.29, 1.82) is 0 Å². The highest BCUT2D eigenvalue weighted by atomic mass is 16.5. The predicted octanol–water partition coefficient (Wildman–Crippen LogP) is 5.45. The molecule has 178 valence electrons. The summed E-state index contributed by atoms with van der Waals surface area (Å²) in [7, 11) is 1.64. The number of carbonyl (C=O) groups excluding carboxylic acids is 1. The minimum atomic E-state index is -0.161. The maximum absolute atomic E-state index is 12.1. The molecule has 1 amide bonds. The van der Waals surface area contributed by atoms with Crippen LogP contribution in [-0.2, 0) is 9.53 Å². The van der Waals surface area contributed by atoms with E-state index in [1.165, 1.54) is 0 Å². The second-order valence-corrected chi connectivity index (χ2v) is 8.01. The van der Waals surface area contributed by atoms with E-state index in [1.807, 2.05) is 75.4 Å². The number of methoxy groups -OCH3 is 1. The first-order valence-electron chi connectivity index (χ1n) is 11.1. The maximum Gasteiger partial charge on any atom is 0.248 e. The van der Waals surface area contributed by atoms with Crippen LogP contribution in [0.2, 0.25) is 0 Å². The van der Waals surface area contributed by atoms with Gasteiger partial charge in [0, 0.05) is 35.9 Å². The SMILES string of the molecule is COCCOc1ccc(Nc2ncc(C)c(Nc3cccc(NC(=O)C=CC(C)C)c3)n2)cc1. The van der Waals surface area contributed by atoms with Gasteiger partial charge in [-0.3, -0.25) is 4.79 Å². The number of amides is 1. The molecule has 34 heavy (non-hydrogen) atoms. The average Bonchev–Trinajstić information content (AvgIpc) is 2.81. The van der Waals surface area contributed by atoms with Crippen molar-refractivity contribution in [3.8, 4) is 5.75 Å². The zero-order valence-electron chi connectivity index (χ0n) is 20.0. The van der Waals surface area contributed by atoms with Crippen LogP contribution in [0.25, 0.3) is 0 Å². The Hall–Kier alpha value is -3.91. The zero-order valence-corrected chi connectivity index (χ0v) is 20.0. The largest absolute Gasteiger partial charge is 0.491 e. The molecule has 3 rings (SSSR count). The van der Waals surface area contributed by atoms with E-state index in [0.717, 1.165) is 22.7 Å². The van der Waals surface area contributed by atoms with E-state index >= 15 is 0 Å². The van der Waals surface area contributed by atoms with Gasteiger partial charge in [0.1, 0.15) is 18.2 Å². The number of anilines is 5. The van der Waals surface area contributed by atoms with Crippen molar-refractivity contribution >= 4 is 34.7 Å². The minimum Gasteiger partial charge on any atom is -0.491 e. The lowest BCUT2D eigenvalue weighted by Crippen LogP contribution is -2.08. The van der Waals surface area contributed by atoms with E-state index in [4.69, 9.17) is 9.47 Å². The smallest absolute Gasteiger partial charge is 0.248 e. The van der Waals surface area contributed by atoms with Gasteiger partial charge < -0.3 is 25.4 Å². The van der Waals surface area contributed by atoms with Crippen LogP contribution >= 0.6 is 0 Å². The first-order valence-corrected chi connectivity index (χ1v) is 11.1. The summed E-state index contributed by atoms with van der Waals surface area (Å²) in [6, 6.07) is 15.0. The lowest BCUT2D eigenvalue weighted by atomic mass is 10.2. The highest BCUT2D eigenvalue weighted by Gasteiger charge is 2.07. The van der Waals surface area contributed by atoms with Crippen molar-refractivity contribution in [2.24, 2.45) is 5.92 Å². The van der Waals surface area contributed by atoms with Gasteiger partial charge >= 0.3 is 0 Å². The van der Waals surface area contributed by atoms with Crippen LogP contribution in [0.1, 0.15) is 19.4 Å². The molecular weight excluding hydrogens is 430 g/mol. The summed E-state index contributed by atoms with van der Waals surface area (Å²) in [5.41, 5.74) is 3.23. The zero-order chi connectivity index (χ0) is 24.3. The van der Waals surface area contributed by atoms with Crippen molar-refractivity contribution < 1.29 is 14.3 Å². The van der Waals surface area contributed by atoms with E-state index in [-0.39, 0.29) is 5.91 Å². The Bertz CT molecular complexity index is 1110. The van der Waals surface area contributed by atoms with Gasteiger partial charge in [0.2, 0.25) is 11.9 Å². The fourth-order valence-electron chi connectivity index (χ4n) is 2.91. The first kappa shape index (κ1) is 24.7. The third-order valence-corrected chi connectivity index (χ3v) is 4.66. The third-order valence-electron chi connectivity index (χ3n) is 4.66. The Morgan fingerprint density at radius 1 is 1.03 bits per heavy atom. The molecule has 3 N–H and O–H groups in total. The maximum atomic E-state index is 12.1. The Morgan fingerprint density at radius 3 is 2.53 bits per heavy atom. The number of ether oxygens (including phenoxy) is 2. The fourth-order valence-corrected chi connectivity index (χ4v) is 2.91. The van der Waals surface area contributed by atoms with Crippen LogP contribution in [0.15, 0.2) is 66.9 Å². The standard InChI is InChI=1S/C26H31N5O3/c1-18(2)8-13-24(32)28-21-6-5-7-22(16-21)29-25-19(3)17-27-26(31-25)30-20-9-11-23(12-10-20)34-15-14-33-4/h5-13,16-18H,14-15H2,1-4H3,(H,28,32)(H2,27,29,30,31). The van der Waals surface area contributed by atoms with Gasteiger partial charge in [-0.1, -0.05) is 26.0 Å². The molecule has 1 aromatic heterocycles. The number of rotatable bonds is 11. The molecule has 0 saturated heterocycles. The minimum absolute atomic E-state index is 0.161. The summed E-state index contributed by atoms with van der Waals surface area (Å²) >= 11 is 0. The lowest BCUT2D eigenvalue weighted by Gasteiger charge is -2.12. The number of nitrogens with one attached hydrogen (secondary N) is 3. The van der Waals surface area contributed by atoms with E-state index < -0.39 is 0 Å². The van der Waals surface area contributed by atoms with Gasteiger partial charge in [0.05, 0.1) is 6.61 Å². The van der Waals surface area contributed by atoms with E-state index in [1.54, 1.807) is 19.4 Å². The molecule has 0 fully saturated rings. The number of carbonyl (C=O) groups is 1. The molecule has 0 aliphatic heterocycles. The van der Waals surface area contributed by atoms with Crippen LogP contribution in [0, 0.1) is 12.8 Å². The van der Waals surface area contributed by atoms with Crippen LogP contribution < -0.4 is 20.7 Å². The van der Waals surface area contributed by atoms with Crippen LogP contribution in [0.4, 0.5) is 28.8 Å². The Balaban J connectivity index is 1.66.